The van der Waals surface area contributed by atoms with Crippen LogP contribution in [0.3, 0.4) is 0 Å². The number of hydrogen-bond donors (Lipinski definition) is 1. The summed E-state index contributed by atoms with van der Waals surface area (Å²) in [4.78, 5) is 56.3. The molecule has 1 aromatic heterocycles. The van der Waals surface area contributed by atoms with E-state index in [0.717, 1.165) is 17.4 Å². The average molecular weight is 453 g/mol. The number of ether oxygens (including phenoxy) is 4. The van der Waals surface area contributed by atoms with Gasteiger partial charge < -0.3 is 23.8 Å². The highest BCUT2D eigenvalue weighted by molar-refractivity contribution is 5.71. The Kier molecular flexibility index (Phi) is 7.67. The lowest BCUT2D eigenvalue weighted by Crippen LogP contribution is -2.34. The molecule has 176 valence electrons. The summed E-state index contributed by atoms with van der Waals surface area (Å²) in [5.41, 5.74) is 1.62. The van der Waals surface area contributed by atoms with Gasteiger partial charge in [0.1, 0.15) is 12.7 Å². The summed E-state index contributed by atoms with van der Waals surface area (Å²) in [6.45, 7) is 5.23. The molecule has 0 aromatic carbocycles. The van der Waals surface area contributed by atoms with Crippen molar-refractivity contribution >= 4 is 23.9 Å². The molecule has 4 atom stereocenters. The second-order valence-electron chi connectivity index (χ2n) is 7.80. The van der Waals surface area contributed by atoms with Gasteiger partial charge in [0, 0.05) is 18.7 Å². The van der Waals surface area contributed by atoms with Gasteiger partial charge in [0.15, 0.2) is 24.3 Å². The Morgan fingerprint density at radius 1 is 1.22 bits per heavy atom. The standard InChI is InChI=1S/C20H27N3O9/c1-4-5-6-7-14(24)32-22-13-8-9-23(19(26)21-13)17-16-15(30-20(27)31-16)12(29-17)10-28-18(25)11(2)3/h8-9,11-12,15-17H,4-7,10H2,1-3H3,(H,21,22,26)/t12?,15-,16-,17-/m1/s1. The van der Waals surface area contributed by atoms with Gasteiger partial charge in [-0.2, -0.15) is 4.98 Å². The zero-order chi connectivity index (χ0) is 23.3. The molecular formula is C20H27N3O9. The molecule has 3 rings (SSSR count). The molecule has 12 nitrogen and oxygen atoms in total. The van der Waals surface area contributed by atoms with Crippen LogP contribution in [0.2, 0.25) is 0 Å². The smallest absolute Gasteiger partial charge is 0.463 e. The predicted molar refractivity (Wildman–Crippen MR) is 107 cm³/mol. The molecular weight excluding hydrogens is 426 g/mol. The van der Waals surface area contributed by atoms with Crippen molar-refractivity contribution in [3.8, 4) is 0 Å². The number of carbonyl (C=O) groups excluding carboxylic acids is 3. The number of carbonyl (C=O) groups is 3. The first-order valence-corrected chi connectivity index (χ1v) is 10.5. The Morgan fingerprint density at radius 2 is 1.97 bits per heavy atom. The Morgan fingerprint density at radius 3 is 2.66 bits per heavy atom. The quantitative estimate of drug-likeness (QED) is 0.239. The van der Waals surface area contributed by atoms with Gasteiger partial charge in [-0.05, 0) is 6.42 Å². The molecule has 0 amide bonds. The van der Waals surface area contributed by atoms with E-state index in [2.05, 4.69) is 10.5 Å². The molecule has 1 N–H and O–H groups in total. The van der Waals surface area contributed by atoms with E-state index in [-0.39, 0.29) is 24.8 Å². The van der Waals surface area contributed by atoms with E-state index >= 15 is 0 Å². The summed E-state index contributed by atoms with van der Waals surface area (Å²) in [6.07, 6.45) is -0.283. The van der Waals surface area contributed by atoms with Crippen molar-refractivity contribution in [2.24, 2.45) is 5.92 Å². The van der Waals surface area contributed by atoms with E-state index in [9.17, 15) is 19.2 Å². The average Bonchev–Trinajstić information content (AvgIpc) is 3.28. The van der Waals surface area contributed by atoms with E-state index in [4.69, 9.17) is 23.8 Å². The summed E-state index contributed by atoms with van der Waals surface area (Å²) < 4.78 is 22.4. The number of anilines is 1. The predicted octanol–water partition coefficient (Wildman–Crippen LogP) is 1.69. The molecule has 2 fully saturated rings. The number of aromatic nitrogens is 2. The maximum atomic E-state index is 12.5. The zero-order valence-corrected chi connectivity index (χ0v) is 18.1. The Hall–Kier alpha value is -3.15. The van der Waals surface area contributed by atoms with Crippen molar-refractivity contribution in [3.05, 3.63) is 22.7 Å². The monoisotopic (exact) mass is 453 g/mol. The molecule has 2 saturated heterocycles. The van der Waals surface area contributed by atoms with Gasteiger partial charge in [0.2, 0.25) is 0 Å². The van der Waals surface area contributed by atoms with E-state index in [1.807, 2.05) is 6.92 Å². The highest BCUT2D eigenvalue weighted by Crippen LogP contribution is 2.37. The summed E-state index contributed by atoms with van der Waals surface area (Å²) in [5.74, 6) is -1.19. The fraction of sp³-hybridized carbons (Fsp3) is 0.650. The number of unbranched alkanes of at least 4 members (excludes halogenated alkanes) is 2. The molecule has 32 heavy (non-hydrogen) atoms. The van der Waals surface area contributed by atoms with Crippen LogP contribution in [-0.2, 0) is 33.4 Å². The summed E-state index contributed by atoms with van der Waals surface area (Å²) in [6, 6.07) is 1.41. The molecule has 3 heterocycles. The lowest BCUT2D eigenvalue weighted by atomic mass is 10.1. The third kappa shape index (κ3) is 5.55. The van der Waals surface area contributed by atoms with Crippen molar-refractivity contribution in [1.82, 2.24) is 9.55 Å². The third-order valence-electron chi connectivity index (χ3n) is 4.97. The van der Waals surface area contributed by atoms with Crippen LogP contribution in [0.25, 0.3) is 0 Å². The van der Waals surface area contributed by atoms with Crippen LogP contribution in [0.4, 0.5) is 10.6 Å². The summed E-state index contributed by atoms with van der Waals surface area (Å²) in [5, 5.41) is 0. The third-order valence-corrected chi connectivity index (χ3v) is 4.97. The SMILES string of the molecule is CCCCCC(=O)ONc1ccn([C@@H]2OC(COC(=O)C(C)C)[C@H]3OC(=O)O[C@H]32)c(=O)n1. The Labute approximate surface area is 184 Å². The van der Waals surface area contributed by atoms with Gasteiger partial charge >= 0.3 is 23.8 Å². The molecule has 0 radical (unpaired) electrons. The zero-order valence-electron chi connectivity index (χ0n) is 18.1. The number of fused-ring (bicyclic) bond motifs is 1. The summed E-state index contributed by atoms with van der Waals surface area (Å²) >= 11 is 0. The number of hydrogen-bond acceptors (Lipinski definition) is 11. The lowest BCUT2D eigenvalue weighted by molar-refractivity contribution is -0.154. The lowest BCUT2D eigenvalue weighted by Gasteiger charge is -2.18. The highest BCUT2D eigenvalue weighted by atomic mass is 16.8. The van der Waals surface area contributed by atoms with Gasteiger partial charge in [-0.1, -0.05) is 33.6 Å². The molecule has 2 aliphatic heterocycles. The van der Waals surface area contributed by atoms with Crippen LogP contribution < -0.4 is 11.2 Å². The maximum Gasteiger partial charge on any atom is 0.509 e. The van der Waals surface area contributed by atoms with Gasteiger partial charge in [-0.15, -0.1) is 0 Å². The van der Waals surface area contributed by atoms with Crippen molar-refractivity contribution in [2.75, 3.05) is 12.1 Å². The van der Waals surface area contributed by atoms with Crippen LogP contribution in [0.5, 0.6) is 0 Å². The van der Waals surface area contributed by atoms with Crippen molar-refractivity contribution in [3.63, 3.8) is 0 Å². The first-order chi connectivity index (χ1) is 15.3. The minimum atomic E-state index is -1.03. The molecule has 0 spiro atoms. The number of esters is 1. The van der Waals surface area contributed by atoms with Crippen molar-refractivity contribution in [2.45, 2.75) is 71.0 Å². The maximum absolute atomic E-state index is 12.5. The van der Waals surface area contributed by atoms with Crippen LogP contribution in [-0.4, -0.2) is 52.6 Å². The van der Waals surface area contributed by atoms with E-state index in [1.54, 1.807) is 13.8 Å². The first-order valence-electron chi connectivity index (χ1n) is 10.5. The topological polar surface area (TPSA) is 144 Å². The van der Waals surface area contributed by atoms with E-state index in [1.165, 1.54) is 12.3 Å². The van der Waals surface area contributed by atoms with Gasteiger partial charge in [-0.3, -0.25) is 9.36 Å². The molecule has 2 aliphatic rings. The fourth-order valence-electron chi connectivity index (χ4n) is 3.26. The second kappa shape index (κ2) is 10.4. The van der Waals surface area contributed by atoms with Gasteiger partial charge in [-0.25, -0.2) is 19.9 Å². The second-order valence-corrected chi connectivity index (χ2v) is 7.80. The summed E-state index contributed by atoms with van der Waals surface area (Å²) in [7, 11) is 0. The number of nitrogens with zero attached hydrogens (tertiary/aromatic N) is 2. The van der Waals surface area contributed by atoms with Gasteiger partial charge in [0.05, 0.1) is 5.92 Å². The molecule has 12 heteroatoms. The van der Waals surface area contributed by atoms with Crippen molar-refractivity contribution < 1.29 is 38.2 Å². The Balaban J connectivity index is 1.65. The minimum absolute atomic E-state index is 0.0340. The van der Waals surface area contributed by atoms with E-state index < -0.39 is 48.3 Å². The number of rotatable bonds is 10. The first kappa shape index (κ1) is 23.5. The van der Waals surface area contributed by atoms with Crippen molar-refractivity contribution in [1.29, 1.82) is 0 Å². The van der Waals surface area contributed by atoms with Crippen LogP contribution in [0.1, 0.15) is 52.7 Å². The largest absolute Gasteiger partial charge is 0.509 e. The molecule has 0 saturated carbocycles. The van der Waals surface area contributed by atoms with Crippen LogP contribution in [0.15, 0.2) is 17.1 Å². The van der Waals surface area contributed by atoms with E-state index in [0.29, 0.717) is 6.42 Å². The molecule has 1 aromatic rings. The molecule has 0 aliphatic carbocycles. The Bertz CT molecular complexity index is 901. The molecule has 1 unspecified atom stereocenters. The van der Waals surface area contributed by atoms with Gasteiger partial charge in [0.25, 0.3) is 0 Å². The van der Waals surface area contributed by atoms with Crippen LogP contribution in [0, 0.1) is 5.92 Å². The molecule has 0 bridgehead atoms. The highest BCUT2D eigenvalue weighted by Gasteiger charge is 2.55. The minimum Gasteiger partial charge on any atom is -0.463 e. The fourth-order valence-corrected chi connectivity index (χ4v) is 3.26. The normalized spacial score (nSPS) is 23.9. The van der Waals surface area contributed by atoms with Crippen LogP contribution >= 0.6 is 0 Å². The number of nitrogens with one attached hydrogen (secondary N) is 1.